The fourth-order valence-corrected chi connectivity index (χ4v) is 4.35. The summed E-state index contributed by atoms with van der Waals surface area (Å²) < 4.78 is 0. The van der Waals surface area contributed by atoms with Crippen molar-refractivity contribution in [3.8, 4) is 0 Å². The normalized spacial score (nSPS) is 12.0. The molecule has 0 heterocycles. The summed E-state index contributed by atoms with van der Waals surface area (Å²) >= 11 is 0. The van der Waals surface area contributed by atoms with Crippen LogP contribution in [-0.4, -0.2) is 11.5 Å². The van der Waals surface area contributed by atoms with Gasteiger partial charge in [-0.2, -0.15) is 0 Å². The topological polar surface area (TPSA) is 0 Å². The molecule has 0 rings (SSSR count). The van der Waals surface area contributed by atoms with Crippen molar-refractivity contribution < 1.29 is 0 Å². The average molecular weight is 305 g/mol. The fourth-order valence-electron chi connectivity index (χ4n) is 2.05. The van der Waals surface area contributed by atoms with Crippen LogP contribution in [-0.2, 0) is 0 Å². The quantitative estimate of drug-likeness (QED) is 0.258. The van der Waals surface area contributed by atoms with Crippen molar-refractivity contribution in [1.82, 2.24) is 0 Å². The van der Waals surface area contributed by atoms with Crippen LogP contribution in [0.5, 0.6) is 0 Å². The van der Waals surface area contributed by atoms with E-state index in [-0.39, 0.29) is 0 Å². The van der Waals surface area contributed by atoms with Crippen molar-refractivity contribution in [3.05, 3.63) is 0 Å². The first kappa shape index (κ1) is 19.7. The van der Waals surface area contributed by atoms with Crippen molar-refractivity contribution in [3.63, 3.8) is 0 Å². The molecule has 116 valence electrons. The first-order valence-corrected chi connectivity index (χ1v) is 10.8. The largest absolute Gasteiger partial charge is 0.0942 e. The molecule has 0 spiro atoms. The Morgan fingerprint density at radius 3 is 1.63 bits per heavy atom. The smallest absolute Gasteiger partial charge is 0.00369 e. The van der Waals surface area contributed by atoms with Crippen LogP contribution in [0.15, 0.2) is 0 Å². The second-order valence-electron chi connectivity index (χ2n) is 6.78. The molecular formula is C17H36S2. The third-order valence-electron chi connectivity index (χ3n) is 3.32. The lowest BCUT2D eigenvalue weighted by atomic mass is 9.90. The maximum Gasteiger partial charge on any atom is 0.00369 e. The Morgan fingerprint density at radius 2 is 1.11 bits per heavy atom. The number of hydrogen-bond donors (Lipinski definition) is 0. The molecular weight excluding hydrogens is 268 g/mol. The zero-order valence-electron chi connectivity index (χ0n) is 13.8. The summed E-state index contributed by atoms with van der Waals surface area (Å²) in [5.41, 5.74) is 0.527. The summed E-state index contributed by atoms with van der Waals surface area (Å²) in [6.45, 7) is 9.32. The molecule has 0 fully saturated rings. The molecule has 0 bridgehead atoms. The first-order valence-electron chi connectivity index (χ1n) is 8.30. The second kappa shape index (κ2) is 13.7. The summed E-state index contributed by atoms with van der Waals surface area (Å²) in [6.07, 6.45) is 14.2. The Bertz CT molecular complexity index is 173. The highest BCUT2D eigenvalue weighted by Crippen LogP contribution is 2.26. The molecule has 2 heteroatoms. The summed E-state index contributed by atoms with van der Waals surface area (Å²) in [4.78, 5) is 0. The van der Waals surface area contributed by atoms with E-state index in [2.05, 4.69) is 49.3 Å². The van der Waals surface area contributed by atoms with Gasteiger partial charge in [-0.1, -0.05) is 94.2 Å². The van der Waals surface area contributed by atoms with Crippen LogP contribution in [0, 0.1) is 5.41 Å². The van der Waals surface area contributed by atoms with Crippen LogP contribution in [0.25, 0.3) is 0 Å². The van der Waals surface area contributed by atoms with Crippen LogP contribution in [0.4, 0.5) is 0 Å². The zero-order chi connectivity index (χ0) is 14.4. The highest BCUT2D eigenvalue weighted by atomic mass is 33.1. The molecule has 0 amide bonds. The Morgan fingerprint density at radius 1 is 0.632 bits per heavy atom. The lowest BCUT2D eigenvalue weighted by Crippen LogP contribution is -2.03. The molecule has 0 aliphatic carbocycles. The summed E-state index contributed by atoms with van der Waals surface area (Å²) in [5, 5.41) is 0. The Labute approximate surface area is 130 Å². The fraction of sp³-hybridized carbons (Fsp3) is 1.00. The number of rotatable bonds is 13. The third-order valence-corrected chi connectivity index (χ3v) is 5.90. The molecule has 0 aromatic carbocycles. The van der Waals surface area contributed by atoms with E-state index in [1.54, 1.807) is 0 Å². The van der Waals surface area contributed by atoms with Gasteiger partial charge in [0.25, 0.3) is 0 Å². The molecule has 0 aromatic rings. The molecule has 0 atom stereocenters. The van der Waals surface area contributed by atoms with Crippen molar-refractivity contribution in [1.29, 1.82) is 0 Å². The van der Waals surface area contributed by atoms with Gasteiger partial charge in [0.05, 0.1) is 0 Å². The predicted molar refractivity (Wildman–Crippen MR) is 96.2 cm³/mol. The minimum atomic E-state index is 0.527. The van der Waals surface area contributed by atoms with Gasteiger partial charge in [-0.05, 0) is 24.7 Å². The van der Waals surface area contributed by atoms with Crippen LogP contribution in [0.3, 0.4) is 0 Å². The van der Waals surface area contributed by atoms with Gasteiger partial charge in [0, 0.05) is 11.5 Å². The van der Waals surface area contributed by atoms with E-state index in [4.69, 9.17) is 0 Å². The average Bonchev–Trinajstić information content (AvgIpc) is 2.34. The standard InChI is InChI=1S/C17H36S2/c1-5-6-7-8-9-12-15-18-19-16-13-10-11-14-17(2,3)4/h5-16H2,1-4H3. The summed E-state index contributed by atoms with van der Waals surface area (Å²) in [6, 6.07) is 0. The van der Waals surface area contributed by atoms with E-state index in [1.165, 1.54) is 75.7 Å². The van der Waals surface area contributed by atoms with Crippen LogP contribution < -0.4 is 0 Å². The first-order chi connectivity index (χ1) is 9.06. The van der Waals surface area contributed by atoms with Gasteiger partial charge in [-0.15, -0.1) is 0 Å². The SMILES string of the molecule is CCCCCCCCSSCCCCCC(C)(C)C. The van der Waals surface area contributed by atoms with Gasteiger partial charge in [0.2, 0.25) is 0 Å². The van der Waals surface area contributed by atoms with Gasteiger partial charge in [0.15, 0.2) is 0 Å². The van der Waals surface area contributed by atoms with Crippen LogP contribution in [0.1, 0.15) is 91.9 Å². The molecule has 0 aliphatic rings. The highest BCUT2D eigenvalue weighted by molar-refractivity contribution is 8.76. The second-order valence-corrected chi connectivity index (χ2v) is 9.49. The van der Waals surface area contributed by atoms with Gasteiger partial charge in [-0.3, -0.25) is 0 Å². The van der Waals surface area contributed by atoms with Gasteiger partial charge in [0.1, 0.15) is 0 Å². The van der Waals surface area contributed by atoms with Gasteiger partial charge in [-0.25, -0.2) is 0 Å². The molecule has 0 saturated heterocycles. The molecule has 0 aliphatic heterocycles. The third kappa shape index (κ3) is 18.7. The van der Waals surface area contributed by atoms with Crippen molar-refractivity contribution in [2.24, 2.45) is 5.41 Å². The number of unbranched alkanes of at least 4 members (excludes halogenated alkanes) is 7. The lowest BCUT2D eigenvalue weighted by molar-refractivity contribution is 0.360. The summed E-state index contributed by atoms with van der Waals surface area (Å²) in [5.74, 6) is 2.71. The molecule has 0 unspecified atom stereocenters. The maximum atomic E-state index is 2.35. The minimum absolute atomic E-state index is 0.527. The van der Waals surface area contributed by atoms with E-state index in [1.807, 2.05) is 0 Å². The lowest BCUT2D eigenvalue weighted by Gasteiger charge is -2.17. The van der Waals surface area contributed by atoms with E-state index >= 15 is 0 Å². The molecule has 19 heavy (non-hydrogen) atoms. The van der Waals surface area contributed by atoms with Gasteiger partial charge < -0.3 is 0 Å². The molecule has 0 aromatic heterocycles. The maximum absolute atomic E-state index is 2.35. The molecule has 0 radical (unpaired) electrons. The van der Waals surface area contributed by atoms with Crippen LogP contribution in [0.2, 0.25) is 0 Å². The van der Waals surface area contributed by atoms with E-state index < -0.39 is 0 Å². The zero-order valence-corrected chi connectivity index (χ0v) is 15.4. The highest BCUT2D eigenvalue weighted by Gasteiger charge is 2.08. The van der Waals surface area contributed by atoms with Crippen molar-refractivity contribution in [2.75, 3.05) is 11.5 Å². The predicted octanol–water partition coefficient (Wildman–Crippen LogP) is 7.33. The number of hydrogen-bond acceptors (Lipinski definition) is 2. The van der Waals surface area contributed by atoms with Crippen molar-refractivity contribution >= 4 is 21.6 Å². The monoisotopic (exact) mass is 304 g/mol. The minimum Gasteiger partial charge on any atom is -0.0942 e. The Kier molecular flexibility index (Phi) is 14.2. The molecule has 0 N–H and O–H groups in total. The molecule has 0 nitrogen and oxygen atoms in total. The van der Waals surface area contributed by atoms with Gasteiger partial charge >= 0.3 is 0 Å². The molecule has 0 saturated carbocycles. The van der Waals surface area contributed by atoms with Crippen LogP contribution >= 0.6 is 21.6 Å². The van der Waals surface area contributed by atoms with E-state index in [0.717, 1.165) is 0 Å². The van der Waals surface area contributed by atoms with Crippen molar-refractivity contribution in [2.45, 2.75) is 91.9 Å². The van der Waals surface area contributed by atoms with E-state index in [0.29, 0.717) is 5.41 Å². The van der Waals surface area contributed by atoms with E-state index in [9.17, 15) is 0 Å². The summed E-state index contributed by atoms with van der Waals surface area (Å²) in [7, 11) is 4.19. The Hall–Kier alpha value is 0.700. The Balaban J connectivity index is 2.99.